The van der Waals surface area contributed by atoms with Crippen molar-refractivity contribution < 1.29 is 0 Å². The lowest BCUT2D eigenvalue weighted by atomic mass is 9.86. The van der Waals surface area contributed by atoms with Crippen LogP contribution in [0.2, 0.25) is 0 Å². The van der Waals surface area contributed by atoms with Crippen LogP contribution in [0.1, 0.15) is 23.5 Å². The molecule has 1 atom stereocenters. The van der Waals surface area contributed by atoms with Gasteiger partial charge in [0.2, 0.25) is 0 Å². The summed E-state index contributed by atoms with van der Waals surface area (Å²) in [5.74, 6) is 0.412. The van der Waals surface area contributed by atoms with Crippen molar-refractivity contribution in [2.24, 2.45) is 0 Å². The summed E-state index contributed by atoms with van der Waals surface area (Å²) >= 11 is 0. The lowest BCUT2D eigenvalue weighted by molar-refractivity contribution is 0.851. The van der Waals surface area contributed by atoms with Gasteiger partial charge in [0, 0.05) is 0 Å². The van der Waals surface area contributed by atoms with Gasteiger partial charge in [0.25, 0.3) is 0 Å². The average molecular weight is 193 g/mol. The SMILES string of the molecule is [CH2]C1CC=Cc2c1ccc1ccccc21. The van der Waals surface area contributed by atoms with Crippen LogP contribution in [0.4, 0.5) is 0 Å². The molecule has 2 aromatic carbocycles. The van der Waals surface area contributed by atoms with E-state index in [4.69, 9.17) is 0 Å². The Morgan fingerprint density at radius 2 is 1.93 bits per heavy atom. The third-order valence-corrected chi connectivity index (χ3v) is 3.15. The molecule has 1 unspecified atom stereocenters. The molecule has 0 N–H and O–H groups in total. The molecule has 1 aliphatic rings. The van der Waals surface area contributed by atoms with Crippen LogP contribution in [0.3, 0.4) is 0 Å². The molecule has 0 nitrogen and oxygen atoms in total. The zero-order chi connectivity index (χ0) is 10.3. The van der Waals surface area contributed by atoms with Gasteiger partial charge in [-0.25, -0.2) is 0 Å². The Morgan fingerprint density at radius 1 is 1.07 bits per heavy atom. The fraction of sp³-hybridized carbons (Fsp3) is 0.133. The van der Waals surface area contributed by atoms with Gasteiger partial charge in [-0.1, -0.05) is 48.6 Å². The molecular weight excluding hydrogens is 180 g/mol. The highest BCUT2D eigenvalue weighted by Gasteiger charge is 2.13. The summed E-state index contributed by atoms with van der Waals surface area (Å²) < 4.78 is 0. The molecule has 2 aromatic rings. The highest BCUT2D eigenvalue weighted by molar-refractivity contribution is 5.92. The molecule has 1 aliphatic carbocycles. The summed E-state index contributed by atoms with van der Waals surface area (Å²) in [5, 5.41) is 2.66. The Kier molecular flexibility index (Phi) is 1.88. The summed E-state index contributed by atoms with van der Waals surface area (Å²) in [4.78, 5) is 0. The molecule has 0 amide bonds. The van der Waals surface area contributed by atoms with Crippen LogP contribution < -0.4 is 0 Å². The molecule has 0 bridgehead atoms. The van der Waals surface area contributed by atoms with Gasteiger partial charge < -0.3 is 0 Å². The lowest BCUT2D eigenvalue weighted by Gasteiger charge is -2.19. The largest absolute Gasteiger partial charge is 0.0833 e. The van der Waals surface area contributed by atoms with E-state index in [1.54, 1.807) is 0 Å². The molecule has 0 saturated heterocycles. The van der Waals surface area contributed by atoms with Crippen LogP contribution in [0.5, 0.6) is 0 Å². The van der Waals surface area contributed by atoms with E-state index in [9.17, 15) is 0 Å². The highest BCUT2D eigenvalue weighted by Crippen LogP contribution is 2.33. The van der Waals surface area contributed by atoms with Crippen molar-refractivity contribution in [2.75, 3.05) is 0 Å². The Labute approximate surface area is 90.2 Å². The smallest absolute Gasteiger partial charge is 0.0109 e. The number of fused-ring (bicyclic) bond motifs is 3. The number of hydrogen-bond donors (Lipinski definition) is 0. The number of rotatable bonds is 0. The standard InChI is InChI=1S/C15H13/c1-11-5-4-8-15-13(11)10-9-12-6-2-3-7-14(12)15/h2-4,6-11H,1,5H2. The molecule has 73 valence electrons. The zero-order valence-electron chi connectivity index (χ0n) is 8.61. The first-order valence-electron chi connectivity index (χ1n) is 5.37. The van der Waals surface area contributed by atoms with Gasteiger partial charge >= 0.3 is 0 Å². The fourth-order valence-corrected chi connectivity index (χ4v) is 2.33. The average Bonchev–Trinajstić information content (AvgIpc) is 2.29. The topological polar surface area (TPSA) is 0 Å². The number of allylic oxidation sites excluding steroid dienone is 1. The van der Waals surface area contributed by atoms with Crippen LogP contribution >= 0.6 is 0 Å². The van der Waals surface area contributed by atoms with E-state index >= 15 is 0 Å². The van der Waals surface area contributed by atoms with Crippen LogP contribution in [0, 0.1) is 6.92 Å². The second-order valence-corrected chi connectivity index (χ2v) is 4.12. The van der Waals surface area contributed by atoms with Gasteiger partial charge in [-0.05, 0) is 41.2 Å². The second kappa shape index (κ2) is 3.23. The molecule has 1 radical (unpaired) electrons. The predicted molar refractivity (Wildman–Crippen MR) is 65.7 cm³/mol. The highest BCUT2D eigenvalue weighted by atomic mass is 14.2. The van der Waals surface area contributed by atoms with E-state index in [0.717, 1.165) is 6.42 Å². The molecule has 0 spiro atoms. The lowest BCUT2D eigenvalue weighted by Crippen LogP contribution is -2.00. The van der Waals surface area contributed by atoms with Gasteiger partial charge in [-0.2, -0.15) is 0 Å². The van der Waals surface area contributed by atoms with E-state index in [1.807, 2.05) is 0 Å². The Morgan fingerprint density at radius 3 is 2.87 bits per heavy atom. The first-order valence-corrected chi connectivity index (χ1v) is 5.37. The normalized spacial score (nSPS) is 19.1. The molecule has 0 heterocycles. The molecule has 0 heteroatoms. The number of benzene rings is 2. The maximum atomic E-state index is 4.19. The first kappa shape index (κ1) is 8.72. The minimum absolute atomic E-state index is 0.412. The quantitative estimate of drug-likeness (QED) is 0.589. The van der Waals surface area contributed by atoms with E-state index < -0.39 is 0 Å². The molecular formula is C15H13. The molecule has 0 aliphatic heterocycles. The maximum absolute atomic E-state index is 4.19. The van der Waals surface area contributed by atoms with Gasteiger partial charge in [0.05, 0.1) is 0 Å². The third-order valence-electron chi connectivity index (χ3n) is 3.15. The van der Waals surface area contributed by atoms with E-state index in [1.165, 1.54) is 21.9 Å². The molecule has 0 fully saturated rings. The monoisotopic (exact) mass is 193 g/mol. The first-order chi connectivity index (χ1) is 7.36. The summed E-state index contributed by atoms with van der Waals surface area (Å²) in [6.45, 7) is 4.19. The summed E-state index contributed by atoms with van der Waals surface area (Å²) in [7, 11) is 0. The minimum atomic E-state index is 0.412. The zero-order valence-corrected chi connectivity index (χ0v) is 8.61. The predicted octanol–water partition coefficient (Wildman–Crippen LogP) is 4.17. The Bertz CT molecular complexity index is 535. The van der Waals surface area contributed by atoms with Gasteiger partial charge in [0.1, 0.15) is 0 Å². The van der Waals surface area contributed by atoms with E-state index in [0.29, 0.717) is 5.92 Å². The minimum Gasteiger partial charge on any atom is -0.0833 e. The van der Waals surface area contributed by atoms with Gasteiger partial charge in [-0.3, -0.25) is 0 Å². The van der Waals surface area contributed by atoms with Crippen LogP contribution in [-0.2, 0) is 0 Å². The van der Waals surface area contributed by atoms with Crippen molar-refractivity contribution in [2.45, 2.75) is 12.3 Å². The van der Waals surface area contributed by atoms with Crippen LogP contribution in [0.25, 0.3) is 16.8 Å². The molecule has 0 saturated carbocycles. The van der Waals surface area contributed by atoms with Crippen LogP contribution in [-0.4, -0.2) is 0 Å². The third kappa shape index (κ3) is 1.29. The summed E-state index contributed by atoms with van der Waals surface area (Å²) in [6.07, 6.45) is 5.52. The van der Waals surface area contributed by atoms with E-state index in [2.05, 4.69) is 55.5 Å². The summed E-state index contributed by atoms with van der Waals surface area (Å²) in [6, 6.07) is 13.0. The van der Waals surface area contributed by atoms with Crippen LogP contribution in [0.15, 0.2) is 42.5 Å². The Balaban J connectivity index is 2.39. The van der Waals surface area contributed by atoms with Crippen molar-refractivity contribution in [1.82, 2.24) is 0 Å². The van der Waals surface area contributed by atoms with Gasteiger partial charge in [0.15, 0.2) is 0 Å². The van der Waals surface area contributed by atoms with Crippen molar-refractivity contribution in [3.05, 3.63) is 60.5 Å². The summed E-state index contributed by atoms with van der Waals surface area (Å²) in [5.41, 5.74) is 2.75. The van der Waals surface area contributed by atoms with Crippen molar-refractivity contribution in [1.29, 1.82) is 0 Å². The number of hydrogen-bond acceptors (Lipinski definition) is 0. The van der Waals surface area contributed by atoms with Crippen molar-refractivity contribution in [3.63, 3.8) is 0 Å². The van der Waals surface area contributed by atoms with E-state index in [-0.39, 0.29) is 0 Å². The molecule has 0 aromatic heterocycles. The van der Waals surface area contributed by atoms with Crippen molar-refractivity contribution in [3.8, 4) is 0 Å². The maximum Gasteiger partial charge on any atom is -0.0109 e. The van der Waals surface area contributed by atoms with Gasteiger partial charge in [-0.15, -0.1) is 0 Å². The fourth-order valence-electron chi connectivity index (χ4n) is 2.33. The molecule has 3 rings (SSSR count). The second-order valence-electron chi connectivity index (χ2n) is 4.12. The molecule has 15 heavy (non-hydrogen) atoms. The van der Waals surface area contributed by atoms with Crippen molar-refractivity contribution >= 4 is 16.8 Å². The Hall–Kier alpha value is -1.56.